The van der Waals surface area contributed by atoms with Gasteiger partial charge in [-0.3, -0.25) is 0 Å². The maximum Gasteiger partial charge on any atom is 0.124 e. The van der Waals surface area contributed by atoms with E-state index >= 15 is 0 Å². The van der Waals surface area contributed by atoms with E-state index in [0.717, 1.165) is 31.7 Å². The number of nitrogens with one attached hydrogen (secondary N) is 1. The molecule has 0 heterocycles. The molecule has 0 aromatic heterocycles. The SMILES string of the molecule is CCCCCCOc1ccccc1C(CC)NCC. The second kappa shape index (κ2) is 9.85. The van der Waals surface area contributed by atoms with Crippen molar-refractivity contribution in [3.8, 4) is 5.75 Å². The van der Waals surface area contributed by atoms with Crippen molar-refractivity contribution in [3.63, 3.8) is 0 Å². The molecule has 0 amide bonds. The summed E-state index contributed by atoms with van der Waals surface area (Å²) < 4.78 is 5.97. The van der Waals surface area contributed by atoms with E-state index in [1.54, 1.807) is 0 Å². The fourth-order valence-electron chi connectivity index (χ4n) is 2.33. The van der Waals surface area contributed by atoms with Gasteiger partial charge in [0.25, 0.3) is 0 Å². The van der Waals surface area contributed by atoms with Crippen molar-refractivity contribution in [2.75, 3.05) is 13.2 Å². The highest BCUT2D eigenvalue weighted by Gasteiger charge is 2.12. The van der Waals surface area contributed by atoms with E-state index in [9.17, 15) is 0 Å². The maximum atomic E-state index is 5.97. The maximum absolute atomic E-state index is 5.97. The van der Waals surface area contributed by atoms with Gasteiger partial charge in [0.05, 0.1) is 6.61 Å². The molecule has 108 valence electrons. The Morgan fingerprint density at radius 1 is 1.05 bits per heavy atom. The van der Waals surface area contributed by atoms with Gasteiger partial charge in [0, 0.05) is 11.6 Å². The molecule has 1 unspecified atom stereocenters. The largest absolute Gasteiger partial charge is 0.493 e. The van der Waals surface area contributed by atoms with E-state index in [4.69, 9.17) is 4.74 Å². The summed E-state index contributed by atoms with van der Waals surface area (Å²) in [5, 5.41) is 3.52. The lowest BCUT2D eigenvalue weighted by molar-refractivity contribution is 0.298. The van der Waals surface area contributed by atoms with Gasteiger partial charge in [-0.15, -0.1) is 0 Å². The first-order chi connectivity index (χ1) is 9.33. The quantitative estimate of drug-likeness (QED) is 0.617. The third-order valence-electron chi connectivity index (χ3n) is 3.41. The third-order valence-corrected chi connectivity index (χ3v) is 3.41. The van der Waals surface area contributed by atoms with Crippen molar-refractivity contribution in [2.45, 2.75) is 58.9 Å². The van der Waals surface area contributed by atoms with Crippen LogP contribution in [0.3, 0.4) is 0 Å². The third kappa shape index (κ3) is 5.65. The number of hydrogen-bond donors (Lipinski definition) is 1. The highest BCUT2D eigenvalue weighted by molar-refractivity contribution is 5.35. The van der Waals surface area contributed by atoms with Crippen LogP contribution < -0.4 is 10.1 Å². The highest BCUT2D eigenvalue weighted by Crippen LogP contribution is 2.27. The van der Waals surface area contributed by atoms with Gasteiger partial charge in [0.2, 0.25) is 0 Å². The Bertz CT molecular complexity index is 338. The summed E-state index contributed by atoms with van der Waals surface area (Å²) in [5.74, 6) is 1.05. The van der Waals surface area contributed by atoms with E-state index in [0.29, 0.717) is 6.04 Å². The standard InChI is InChI=1S/C17H29NO/c1-4-7-8-11-14-19-17-13-10-9-12-15(17)16(5-2)18-6-3/h9-10,12-13,16,18H,4-8,11,14H2,1-3H3. The minimum Gasteiger partial charge on any atom is -0.493 e. The lowest BCUT2D eigenvalue weighted by Gasteiger charge is -2.20. The smallest absolute Gasteiger partial charge is 0.124 e. The van der Waals surface area contributed by atoms with Crippen LogP contribution in [-0.2, 0) is 0 Å². The summed E-state index contributed by atoms with van der Waals surface area (Å²) in [5.41, 5.74) is 1.29. The van der Waals surface area contributed by atoms with Crippen LogP contribution >= 0.6 is 0 Å². The zero-order valence-electron chi connectivity index (χ0n) is 12.7. The molecular weight excluding hydrogens is 234 g/mol. The molecule has 0 radical (unpaired) electrons. The molecule has 0 aliphatic heterocycles. The molecule has 19 heavy (non-hydrogen) atoms. The Kier molecular flexibility index (Phi) is 8.31. The zero-order chi connectivity index (χ0) is 13.9. The molecule has 1 rings (SSSR count). The second-order valence-corrected chi connectivity index (χ2v) is 4.97. The van der Waals surface area contributed by atoms with Gasteiger partial charge in [0.15, 0.2) is 0 Å². The van der Waals surface area contributed by atoms with Gasteiger partial charge >= 0.3 is 0 Å². The Labute approximate surface area is 118 Å². The first kappa shape index (κ1) is 16.0. The molecule has 2 nitrogen and oxygen atoms in total. The molecule has 1 aromatic rings. The fraction of sp³-hybridized carbons (Fsp3) is 0.647. The monoisotopic (exact) mass is 263 g/mol. The summed E-state index contributed by atoms with van der Waals surface area (Å²) in [6, 6.07) is 8.83. The second-order valence-electron chi connectivity index (χ2n) is 4.97. The summed E-state index contributed by atoms with van der Waals surface area (Å²) in [6.07, 6.45) is 6.09. The molecule has 0 fully saturated rings. The molecule has 1 atom stereocenters. The summed E-state index contributed by atoms with van der Waals surface area (Å²) in [6.45, 7) is 8.42. The van der Waals surface area contributed by atoms with Crippen LogP contribution in [0.4, 0.5) is 0 Å². The number of rotatable bonds is 10. The van der Waals surface area contributed by atoms with Crippen LogP contribution in [0.5, 0.6) is 5.75 Å². The minimum absolute atomic E-state index is 0.400. The van der Waals surface area contributed by atoms with Gasteiger partial charge in [-0.25, -0.2) is 0 Å². The first-order valence-electron chi connectivity index (χ1n) is 7.78. The molecule has 1 aromatic carbocycles. The van der Waals surface area contributed by atoms with Crippen LogP contribution in [0.1, 0.15) is 64.5 Å². The molecule has 0 spiro atoms. The summed E-state index contributed by atoms with van der Waals surface area (Å²) in [4.78, 5) is 0. The number of ether oxygens (including phenoxy) is 1. The summed E-state index contributed by atoms with van der Waals surface area (Å²) in [7, 11) is 0. The molecule has 0 aliphatic rings. The van der Waals surface area contributed by atoms with Gasteiger partial charge in [-0.2, -0.15) is 0 Å². The van der Waals surface area contributed by atoms with E-state index in [-0.39, 0.29) is 0 Å². The predicted molar refractivity (Wildman–Crippen MR) is 82.8 cm³/mol. The Morgan fingerprint density at radius 3 is 2.53 bits per heavy atom. The van der Waals surface area contributed by atoms with Crippen LogP contribution in [0.25, 0.3) is 0 Å². The number of para-hydroxylation sites is 1. The van der Waals surface area contributed by atoms with E-state index in [1.807, 2.05) is 0 Å². The predicted octanol–water partition coefficient (Wildman–Crippen LogP) is 4.71. The van der Waals surface area contributed by atoms with Crippen molar-refractivity contribution in [1.29, 1.82) is 0 Å². The van der Waals surface area contributed by atoms with Crippen molar-refractivity contribution < 1.29 is 4.74 Å². The van der Waals surface area contributed by atoms with Crippen molar-refractivity contribution in [2.24, 2.45) is 0 Å². The fourth-order valence-corrected chi connectivity index (χ4v) is 2.33. The lowest BCUT2D eigenvalue weighted by Crippen LogP contribution is -2.20. The van der Waals surface area contributed by atoms with Crippen LogP contribution in [0, 0.1) is 0 Å². The van der Waals surface area contributed by atoms with Gasteiger partial charge in [-0.05, 0) is 25.5 Å². The average Bonchev–Trinajstić information content (AvgIpc) is 2.45. The molecular formula is C17H29NO. The first-order valence-corrected chi connectivity index (χ1v) is 7.78. The zero-order valence-corrected chi connectivity index (χ0v) is 12.7. The molecule has 0 bridgehead atoms. The minimum atomic E-state index is 0.400. The van der Waals surface area contributed by atoms with E-state index in [2.05, 4.69) is 50.4 Å². The number of benzene rings is 1. The topological polar surface area (TPSA) is 21.3 Å². The van der Waals surface area contributed by atoms with Gasteiger partial charge in [0.1, 0.15) is 5.75 Å². The van der Waals surface area contributed by atoms with Gasteiger partial charge < -0.3 is 10.1 Å². The Balaban J connectivity index is 2.56. The lowest BCUT2D eigenvalue weighted by atomic mass is 10.0. The number of hydrogen-bond acceptors (Lipinski definition) is 2. The molecule has 1 N–H and O–H groups in total. The molecule has 2 heteroatoms. The highest BCUT2D eigenvalue weighted by atomic mass is 16.5. The Hall–Kier alpha value is -1.02. The van der Waals surface area contributed by atoms with Crippen LogP contribution in [-0.4, -0.2) is 13.2 Å². The van der Waals surface area contributed by atoms with E-state index in [1.165, 1.54) is 24.8 Å². The van der Waals surface area contributed by atoms with Crippen molar-refractivity contribution in [1.82, 2.24) is 5.32 Å². The Morgan fingerprint density at radius 2 is 1.84 bits per heavy atom. The number of unbranched alkanes of at least 4 members (excludes halogenated alkanes) is 3. The molecule has 0 saturated carbocycles. The normalized spacial score (nSPS) is 12.4. The van der Waals surface area contributed by atoms with Crippen LogP contribution in [0.15, 0.2) is 24.3 Å². The van der Waals surface area contributed by atoms with Crippen molar-refractivity contribution in [3.05, 3.63) is 29.8 Å². The molecule has 0 aliphatic carbocycles. The van der Waals surface area contributed by atoms with Crippen LogP contribution in [0.2, 0.25) is 0 Å². The van der Waals surface area contributed by atoms with Crippen molar-refractivity contribution >= 4 is 0 Å². The van der Waals surface area contributed by atoms with E-state index < -0.39 is 0 Å². The van der Waals surface area contributed by atoms with Gasteiger partial charge in [-0.1, -0.05) is 58.2 Å². The molecule has 0 saturated heterocycles. The summed E-state index contributed by atoms with van der Waals surface area (Å²) >= 11 is 0. The average molecular weight is 263 g/mol.